The van der Waals surface area contributed by atoms with Crippen molar-refractivity contribution in [2.45, 2.75) is 17.7 Å². The van der Waals surface area contributed by atoms with Gasteiger partial charge in [-0.3, -0.25) is 4.79 Å². The molecule has 0 bridgehead atoms. The van der Waals surface area contributed by atoms with Crippen molar-refractivity contribution in [1.82, 2.24) is 4.72 Å². The van der Waals surface area contributed by atoms with E-state index in [-0.39, 0.29) is 15.8 Å². The second-order valence-corrected chi connectivity index (χ2v) is 10.4. The number of halogens is 1. The molecule has 1 unspecified atom stereocenters. The summed E-state index contributed by atoms with van der Waals surface area (Å²) in [5.74, 6) is -0.734. The van der Waals surface area contributed by atoms with Crippen LogP contribution in [0.25, 0.3) is 11.6 Å². The number of sulfonamides is 1. The minimum Gasteiger partial charge on any atom is -0.269 e. The van der Waals surface area contributed by atoms with E-state index >= 15 is 0 Å². The highest BCUT2D eigenvalue weighted by molar-refractivity contribution is 7.90. The molecule has 1 atom stereocenters. The number of hydrogen-bond donors (Lipinski definition) is 1. The van der Waals surface area contributed by atoms with Crippen LogP contribution in [0.3, 0.4) is 0 Å². The van der Waals surface area contributed by atoms with Gasteiger partial charge in [0.05, 0.1) is 5.02 Å². The molecule has 1 amide bonds. The molecule has 4 rings (SSSR count). The molecular formula is C31H26ClNO3S. The second-order valence-electron chi connectivity index (χ2n) is 8.35. The average Bonchev–Trinajstić information content (AvgIpc) is 2.92. The SMILES string of the molecule is CC=C(c1ccccc1)C(c1ccccc1)c1ccc(C=CC(=O)NS(=O)(=O)c2ccccc2Cl)cc1. The maximum absolute atomic E-state index is 12.5. The van der Waals surface area contributed by atoms with E-state index in [0.717, 1.165) is 16.7 Å². The molecule has 4 nitrogen and oxygen atoms in total. The molecule has 0 aliphatic rings. The number of carbonyl (C=O) groups excluding carboxylic acids is 1. The molecule has 0 radical (unpaired) electrons. The predicted molar refractivity (Wildman–Crippen MR) is 151 cm³/mol. The van der Waals surface area contributed by atoms with E-state index in [1.165, 1.54) is 29.3 Å². The Morgan fingerprint density at radius 3 is 1.97 bits per heavy atom. The van der Waals surface area contributed by atoms with E-state index < -0.39 is 15.9 Å². The van der Waals surface area contributed by atoms with E-state index in [0.29, 0.717) is 0 Å². The minimum absolute atomic E-state index is 0.0238. The Morgan fingerprint density at radius 1 is 0.784 bits per heavy atom. The Hall–Kier alpha value is -3.93. The molecule has 0 aromatic heterocycles. The lowest BCUT2D eigenvalue weighted by molar-refractivity contribution is -0.114. The summed E-state index contributed by atoms with van der Waals surface area (Å²) in [6, 6.07) is 34.5. The lowest BCUT2D eigenvalue weighted by Gasteiger charge is -2.22. The fourth-order valence-corrected chi connectivity index (χ4v) is 5.65. The number of allylic oxidation sites excluding steroid dienone is 2. The van der Waals surface area contributed by atoms with E-state index in [9.17, 15) is 13.2 Å². The van der Waals surface area contributed by atoms with Gasteiger partial charge in [0.15, 0.2) is 0 Å². The zero-order valence-corrected chi connectivity index (χ0v) is 21.8. The van der Waals surface area contributed by atoms with Crippen LogP contribution in [0.5, 0.6) is 0 Å². The van der Waals surface area contributed by atoms with Crippen molar-refractivity contribution in [3.8, 4) is 0 Å². The van der Waals surface area contributed by atoms with Crippen molar-refractivity contribution in [2.75, 3.05) is 0 Å². The standard InChI is InChI=1S/C31H26ClNO3S/c1-2-27(24-11-5-3-6-12-24)31(25-13-7-4-8-14-25)26-20-17-23(18-21-26)19-22-30(34)33-37(35,36)29-16-10-9-15-28(29)32/h2-22,31H,1H3,(H,33,34). The van der Waals surface area contributed by atoms with Gasteiger partial charge in [0.2, 0.25) is 0 Å². The lowest BCUT2D eigenvalue weighted by atomic mass is 9.81. The molecule has 4 aromatic rings. The maximum Gasteiger partial charge on any atom is 0.265 e. The molecule has 1 N–H and O–H groups in total. The van der Waals surface area contributed by atoms with Crippen LogP contribution in [0.15, 0.2) is 126 Å². The van der Waals surface area contributed by atoms with Gasteiger partial charge in [-0.2, -0.15) is 0 Å². The molecule has 0 saturated heterocycles. The van der Waals surface area contributed by atoms with Gasteiger partial charge in [-0.25, -0.2) is 13.1 Å². The van der Waals surface area contributed by atoms with Gasteiger partial charge in [0.1, 0.15) is 4.90 Å². The predicted octanol–water partition coefficient (Wildman–Crippen LogP) is 7.09. The van der Waals surface area contributed by atoms with Crippen LogP contribution in [0.4, 0.5) is 0 Å². The number of benzene rings is 4. The molecular weight excluding hydrogens is 502 g/mol. The molecule has 0 aliphatic heterocycles. The minimum atomic E-state index is -4.07. The summed E-state index contributed by atoms with van der Waals surface area (Å²) < 4.78 is 27.0. The van der Waals surface area contributed by atoms with E-state index in [1.54, 1.807) is 18.2 Å². The van der Waals surface area contributed by atoms with Gasteiger partial charge in [-0.05, 0) is 53.0 Å². The van der Waals surface area contributed by atoms with E-state index in [2.05, 4.69) is 30.3 Å². The average molecular weight is 528 g/mol. The van der Waals surface area contributed by atoms with Crippen molar-refractivity contribution >= 4 is 39.2 Å². The van der Waals surface area contributed by atoms with Gasteiger partial charge in [-0.15, -0.1) is 0 Å². The molecule has 0 aliphatic carbocycles. The molecule has 0 heterocycles. The maximum atomic E-state index is 12.5. The molecule has 0 fully saturated rings. The quantitative estimate of drug-likeness (QED) is 0.249. The summed E-state index contributed by atoms with van der Waals surface area (Å²) in [6.07, 6.45) is 4.91. The van der Waals surface area contributed by atoms with Crippen LogP contribution in [-0.4, -0.2) is 14.3 Å². The van der Waals surface area contributed by atoms with Gasteiger partial charge in [-0.1, -0.05) is 115 Å². The summed E-state index contributed by atoms with van der Waals surface area (Å²) in [5.41, 5.74) is 5.39. The van der Waals surface area contributed by atoms with Crippen molar-refractivity contribution in [1.29, 1.82) is 0 Å². The van der Waals surface area contributed by atoms with Crippen molar-refractivity contribution in [2.24, 2.45) is 0 Å². The Labute approximate surface area is 223 Å². The highest BCUT2D eigenvalue weighted by atomic mass is 35.5. The topological polar surface area (TPSA) is 63.2 Å². The number of hydrogen-bond acceptors (Lipinski definition) is 3. The van der Waals surface area contributed by atoms with Gasteiger partial charge < -0.3 is 0 Å². The summed E-state index contributed by atoms with van der Waals surface area (Å²) in [4.78, 5) is 12.2. The first-order chi connectivity index (χ1) is 17.9. The first-order valence-corrected chi connectivity index (χ1v) is 13.6. The van der Waals surface area contributed by atoms with Crippen LogP contribution < -0.4 is 4.72 Å². The smallest absolute Gasteiger partial charge is 0.265 e. The van der Waals surface area contributed by atoms with Crippen LogP contribution in [0.2, 0.25) is 5.02 Å². The molecule has 6 heteroatoms. The number of amides is 1. The summed E-state index contributed by atoms with van der Waals surface area (Å²) in [5, 5.41) is 0.0475. The second kappa shape index (κ2) is 11.9. The zero-order valence-electron chi connectivity index (χ0n) is 20.2. The monoisotopic (exact) mass is 527 g/mol. The summed E-state index contributed by atoms with van der Waals surface area (Å²) in [6.45, 7) is 2.05. The molecule has 0 spiro atoms. The largest absolute Gasteiger partial charge is 0.269 e. The van der Waals surface area contributed by atoms with Crippen LogP contribution in [0, 0.1) is 0 Å². The third kappa shape index (κ3) is 6.45. The van der Waals surface area contributed by atoms with Crippen LogP contribution >= 0.6 is 11.6 Å². The highest BCUT2D eigenvalue weighted by Crippen LogP contribution is 2.37. The Kier molecular flexibility index (Phi) is 8.39. The van der Waals surface area contributed by atoms with Crippen molar-refractivity contribution in [3.63, 3.8) is 0 Å². The van der Waals surface area contributed by atoms with Crippen LogP contribution in [0.1, 0.15) is 35.1 Å². The number of nitrogens with one attached hydrogen (secondary N) is 1. The lowest BCUT2D eigenvalue weighted by Crippen LogP contribution is -2.29. The zero-order chi connectivity index (χ0) is 26.3. The third-order valence-electron chi connectivity index (χ3n) is 5.92. The number of carbonyl (C=O) groups is 1. The van der Waals surface area contributed by atoms with Gasteiger partial charge in [0.25, 0.3) is 15.9 Å². The van der Waals surface area contributed by atoms with Gasteiger partial charge >= 0.3 is 0 Å². The number of rotatable bonds is 8. The highest BCUT2D eigenvalue weighted by Gasteiger charge is 2.20. The third-order valence-corrected chi connectivity index (χ3v) is 7.77. The molecule has 37 heavy (non-hydrogen) atoms. The Balaban J connectivity index is 1.56. The molecule has 0 saturated carbocycles. The first kappa shape index (κ1) is 26.1. The first-order valence-electron chi connectivity index (χ1n) is 11.7. The van der Waals surface area contributed by atoms with Crippen molar-refractivity contribution in [3.05, 3.63) is 149 Å². The fourth-order valence-electron chi connectivity index (χ4n) is 4.18. The fraction of sp³-hybridized carbons (Fsp3) is 0.0645. The summed E-state index contributed by atoms with van der Waals surface area (Å²) >= 11 is 5.97. The van der Waals surface area contributed by atoms with Crippen molar-refractivity contribution < 1.29 is 13.2 Å². The Bertz CT molecular complexity index is 1530. The van der Waals surface area contributed by atoms with E-state index in [4.69, 9.17) is 11.6 Å². The Morgan fingerprint density at radius 2 is 1.35 bits per heavy atom. The van der Waals surface area contributed by atoms with Crippen LogP contribution in [-0.2, 0) is 14.8 Å². The van der Waals surface area contributed by atoms with Gasteiger partial charge in [0, 0.05) is 12.0 Å². The summed E-state index contributed by atoms with van der Waals surface area (Å²) in [7, 11) is -4.07. The normalized spacial score (nSPS) is 12.9. The molecule has 4 aromatic carbocycles. The van der Waals surface area contributed by atoms with E-state index in [1.807, 2.05) is 72.3 Å². The molecule has 186 valence electrons.